The van der Waals surface area contributed by atoms with Gasteiger partial charge in [-0.1, -0.05) is 54.1 Å². The normalized spacial score (nSPS) is 10.7. The molecule has 2 heterocycles. The molecule has 30 heavy (non-hydrogen) atoms. The van der Waals surface area contributed by atoms with Crippen LogP contribution in [0.15, 0.2) is 73.3 Å². The molecule has 0 aliphatic carbocycles. The van der Waals surface area contributed by atoms with E-state index in [1.165, 1.54) is 11.1 Å². The molecule has 2 aromatic heterocycles. The van der Waals surface area contributed by atoms with Gasteiger partial charge in [-0.2, -0.15) is 10.2 Å². The van der Waals surface area contributed by atoms with Crippen molar-refractivity contribution in [2.24, 2.45) is 0 Å². The molecule has 0 saturated heterocycles. The molecule has 0 amide bonds. The average molecular weight is 437 g/mol. The predicted octanol–water partition coefficient (Wildman–Crippen LogP) is 4.95. The minimum absolute atomic E-state index is 0.475. The van der Waals surface area contributed by atoms with Gasteiger partial charge in [-0.25, -0.2) is 0 Å². The zero-order valence-electron chi connectivity index (χ0n) is 16.4. The van der Waals surface area contributed by atoms with Crippen LogP contribution in [0.5, 0.6) is 0 Å². The van der Waals surface area contributed by atoms with Crippen molar-refractivity contribution in [2.75, 3.05) is 10.6 Å². The minimum Gasteiger partial charge on any atom is -0.330 e. The van der Waals surface area contributed by atoms with Gasteiger partial charge in [-0.05, 0) is 41.9 Å². The Bertz CT molecular complexity index is 1080. The minimum atomic E-state index is 0.475. The quantitative estimate of drug-likeness (QED) is 0.419. The Morgan fingerprint density at radius 3 is 2.00 bits per heavy atom. The first kappa shape index (κ1) is 20.1. The number of halogens is 1. The molecule has 0 aliphatic rings. The molecule has 2 N–H and O–H groups in total. The molecule has 4 aromatic rings. The van der Waals surface area contributed by atoms with E-state index in [2.05, 4.69) is 39.9 Å². The van der Waals surface area contributed by atoms with Crippen LogP contribution in [0.1, 0.15) is 16.7 Å². The van der Waals surface area contributed by atoms with Crippen LogP contribution in [0.3, 0.4) is 0 Å². The maximum Gasteiger partial charge on any atom is 0.175 e. The lowest BCUT2D eigenvalue weighted by molar-refractivity contribution is 0.684. The summed E-state index contributed by atoms with van der Waals surface area (Å²) in [5, 5.41) is 16.3. The maximum absolute atomic E-state index is 6.22. The van der Waals surface area contributed by atoms with Crippen molar-refractivity contribution >= 4 is 40.3 Å². The number of hydrogen-bond donors (Lipinski definition) is 2. The molecule has 0 fully saturated rings. The summed E-state index contributed by atoms with van der Waals surface area (Å²) < 4.78 is 3.70. The molecule has 0 aliphatic heterocycles. The van der Waals surface area contributed by atoms with Crippen molar-refractivity contribution in [2.45, 2.75) is 20.0 Å². The highest BCUT2D eigenvalue weighted by molar-refractivity contribution is 7.80. The van der Waals surface area contributed by atoms with E-state index < -0.39 is 0 Å². The van der Waals surface area contributed by atoms with Gasteiger partial charge in [0.25, 0.3) is 0 Å². The third kappa shape index (κ3) is 5.06. The molecule has 2 aromatic carbocycles. The molecule has 0 atom stereocenters. The maximum atomic E-state index is 6.22. The third-order valence-electron chi connectivity index (χ3n) is 4.67. The summed E-state index contributed by atoms with van der Waals surface area (Å²) >= 11 is 11.6. The van der Waals surface area contributed by atoms with Gasteiger partial charge in [-0.3, -0.25) is 9.36 Å². The van der Waals surface area contributed by atoms with Crippen LogP contribution >= 0.6 is 23.8 Å². The summed E-state index contributed by atoms with van der Waals surface area (Å²) in [7, 11) is 0. The molecule has 4 rings (SSSR count). The molecule has 6 nitrogen and oxygen atoms in total. The summed E-state index contributed by atoms with van der Waals surface area (Å²) in [4.78, 5) is 0. The van der Waals surface area contributed by atoms with Gasteiger partial charge in [-0.15, -0.1) is 0 Å². The summed E-state index contributed by atoms with van der Waals surface area (Å²) in [5.74, 6) is 0. The summed E-state index contributed by atoms with van der Waals surface area (Å²) in [6.07, 6.45) is 7.31. The van der Waals surface area contributed by atoms with E-state index in [0.29, 0.717) is 18.2 Å². The first-order valence-corrected chi connectivity index (χ1v) is 10.3. The van der Waals surface area contributed by atoms with E-state index in [4.69, 9.17) is 23.8 Å². The number of aryl methyl sites for hydroxylation is 1. The molecule has 152 valence electrons. The first-order chi connectivity index (χ1) is 14.6. The van der Waals surface area contributed by atoms with Gasteiger partial charge in [0.15, 0.2) is 5.11 Å². The zero-order valence-corrected chi connectivity index (χ0v) is 18.0. The van der Waals surface area contributed by atoms with Gasteiger partial charge >= 0.3 is 0 Å². The Kier molecular flexibility index (Phi) is 6.11. The summed E-state index contributed by atoms with van der Waals surface area (Å²) in [6.45, 7) is 3.40. The number of hydrogen-bond acceptors (Lipinski definition) is 3. The Balaban J connectivity index is 1.33. The van der Waals surface area contributed by atoms with E-state index in [1.54, 1.807) is 12.4 Å². The Hall–Kier alpha value is -3.16. The predicted molar refractivity (Wildman–Crippen MR) is 125 cm³/mol. The average Bonchev–Trinajstić information content (AvgIpc) is 3.35. The number of thiocarbonyl (C=S) groups is 1. The number of nitrogens with zero attached hydrogens (tertiary/aromatic N) is 4. The van der Waals surface area contributed by atoms with Crippen molar-refractivity contribution in [1.29, 1.82) is 0 Å². The lowest BCUT2D eigenvalue weighted by Crippen LogP contribution is -2.18. The SMILES string of the molecule is Cc1ccccc1Cn1cc(NC(=S)Nc2cnn(Cc3ccccc3Cl)c2)cn1. The fourth-order valence-corrected chi connectivity index (χ4v) is 3.52. The molecule has 0 bridgehead atoms. The molecule has 0 radical (unpaired) electrons. The van der Waals surface area contributed by atoms with Crippen molar-refractivity contribution < 1.29 is 0 Å². The van der Waals surface area contributed by atoms with E-state index in [0.717, 1.165) is 22.0 Å². The van der Waals surface area contributed by atoms with Gasteiger partial charge < -0.3 is 10.6 Å². The van der Waals surface area contributed by atoms with Crippen molar-refractivity contribution in [1.82, 2.24) is 19.6 Å². The number of benzene rings is 2. The van der Waals surface area contributed by atoms with Gasteiger partial charge in [0, 0.05) is 17.4 Å². The van der Waals surface area contributed by atoms with E-state index >= 15 is 0 Å². The van der Waals surface area contributed by atoms with Crippen LogP contribution in [0.25, 0.3) is 0 Å². The summed E-state index contributed by atoms with van der Waals surface area (Å²) in [6, 6.07) is 16.0. The Labute approximate surface area is 185 Å². The smallest absolute Gasteiger partial charge is 0.175 e. The Morgan fingerprint density at radius 2 is 1.40 bits per heavy atom. The lowest BCUT2D eigenvalue weighted by atomic mass is 10.1. The topological polar surface area (TPSA) is 59.7 Å². The standard InChI is InChI=1S/C22H21ClN6S/c1-16-6-2-3-7-17(16)12-28-14-19(10-24-28)26-22(30)27-20-11-25-29(15-20)13-18-8-4-5-9-21(18)23/h2-11,14-15H,12-13H2,1H3,(H2,26,27,30). The van der Waals surface area contributed by atoms with E-state index in [1.807, 2.05) is 58.2 Å². The number of aromatic nitrogens is 4. The van der Waals surface area contributed by atoms with Crippen LogP contribution in [0, 0.1) is 6.92 Å². The molecule has 0 unspecified atom stereocenters. The second-order valence-corrected chi connectivity index (χ2v) is 7.77. The van der Waals surface area contributed by atoms with E-state index in [-0.39, 0.29) is 0 Å². The largest absolute Gasteiger partial charge is 0.330 e. The van der Waals surface area contributed by atoms with Gasteiger partial charge in [0.05, 0.1) is 36.9 Å². The van der Waals surface area contributed by atoms with Crippen molar-refractivity contribution in [3.05, 3.63) is 95.0 Å². The second-order valence-electron chi connectivity index (χ2n) is 6.95. The highest BCUT2D eigenvalue weighted by Gasteiger charge is 2.06. The first-order valence-electron chi connectivity index (χ1n) is 9.47. The second kappa shape index (κ2) is 9.11. The number of nitrogens with one attached hydrogen (secondary N) is 2. The lowest BCUT2D eigenvalue weighted by Gasteiger charge is -2.07. The molecule has 0 spiro atoms. The number of anilines is 2. The monoisotopic (exact) mass is 436 g/mol. The van der Waals surface area contributed by atoms with Gasteiger partial charge in [0.2, 0.25) is 0 Å². The van der Waals surface area contributed by atoms with Crippen molar-refractivity contribution in [3.63, 3.8) is 0 Å². The molecular formula is C22H21ClN6S. The Morgan fingerprint density at radius 1 is 0.867 bits per heavy atom. The number of rotatable bonds is 6. The third-order valence-corrected chi connectivity index (χ3v) is 5.24. The van der Waals surface area contributed by atoms with Crippen LogP contribution in [0.2, 0.25) is 5.02 Å². The highest BCUT2D eigenvalue weighted by Crippen LogP contribution is 2.17. The fraction of sp³-hybridized carbons (Fsp3) is 0.136. The van der Waals surface area contributed by atoms with Crippen molar-refractivity contribution in [3.8, 4) is 0 Å². The fourth-order valence-electron chi connectivity index (χ4n) is 3.09. The van der Waals surface area contributed by atoms with Crippen LogP contribution in [-0.4, -0.2) is 24.7 Å². The van der Waals surface area contributed by atoms with Gasteiger partial charge in [0.1, 0.15) is 0 Å². The van der Waals surface area contributed by atoms with Crippen LogP contribution in [-0.2, 0) is 13.1 Å². The zero-order chi connectivity index (χ0) is 20.9. The van der Waals surface area contributed by atoms with E-state index in [9.17, 15) is 0 Å². The highest BCUT2D eigenvalue weighted by atomic mass is 35.5. The molecular weight excluding hydrogens is 416 g/mol. The van der Waals surface area contributed by atoms with Crippen LogP contribution < -0.4 is 10.6 Å². The molecule has 0 saturated carbocycles. The molecule has 8 heteroatoms. The van der Waals surface area contributed by atoms with Crippen LogP contribution in [0.4, 0.5) is 11.4 Å². The summed E-state index contributed by atoms with van der Waals surface area (Å²) in [5.41, 5.74) is 5.11.